The van der Waals surface area contributed by atoms with E-state index in [1.54, 1.807) is 0 Å². The first-order valence-electron chi connectivity index (χ1n) is 8.29. The number of rotatable bonds is 6. The van der Waals surface area contributed by atoms with Gasteiger partial charge in [0.25, 0.3) is 5.91 Å². The molecule has 0 aliphatic heterocycles. The lowest BCUT2D eigenvalue weighted by Crippen LogP contribution is -2.33. The molecule has 0 heterocycles. The largest absolute Gasteiger partial charge is 0.343 e. The highest BCUT2D eigenvalue weighted by Gasteiger charge is 2.17. The Morgan fingerprint density at radius 1 is 1.00 bits per heavy atom. The zero-order chi connectivity index (χ0) is 20.2. The zero-order valence-corrected chi connectivity index (χ0v) is 16.6. The van der Waals surface area contributed by atoms with Gasteiger partial charge in [0.1, 0.15) is 0 Å². The lowest BCUT2D eigenvalue weighted by Gasteiger charge is -2.12. The molecule has 7 nitrogen and oxygen atoms in total. The second-order valence-electron chi connectivity index (χ2n) is 6.36. The molecule has 2 rings (SSSR count). The molecule has 27 heavy (non-hydrogen) atoms. The molecule has 0 saturated heterocycles. The molecule has 0 saturated carbocycles. The van der Waals surface area contributed by atoms with Crippen LogP contribution in [0.1, 0.15) is 21.5 Å². The van der Waals surface area contributed by atoms with Crippen LogP contribution in [0.25, 0.3) is 0 Å². The van der Waals surface area contributed by atoms with Crippen LogP contribution in [0.5, 0.6) is 0 Å². The minimum atomic E-state index is -3.55. The second-order valence-corrected chi connectivity index (χ2v) is 8.51. The van der Waals surface area contributed by atoms with Crippen LogP contribution < -0.4 is 10.6 Å². The van der Waals surface area contributed by atoms with Gasteiger partial charge in [0.2, 0.25) is 15.9 Å². The van der Waals surface area contributed by atoms with Crippen LogP contribution in [0.4, 0.5) is 5.69 Å². The standard InChI is InChI=1S/C19H23N3O4S/c1-13-5-6-14(2)17(11-13)21-18(23)12-20-19(24)15-7-9-16(10-8-15)27(25,26)22(3)4/h5-11H,12H2,1-4H3,(H,20,24)(H,21,23). The number of carbonyl (C=O) groups excluding carboxylic acids is 2. The molecular formula is C19H23N3O4S. The maximum atomic E-state index is 12.2. The summed E-state index contributed by atoms with van der Waals surface area (Å²) in [7, 11) is -0.680. The number of aryl methyl sites for hydroxylation is 2. The fourth-order valence-electron chi connectivity index (χ4n) is 2.32. The molecule has 2 N–H and O–H groups in total. The van der Waals surface area contributed by atoms with E-state index in [9.17, 15) is 18.0 Å². The Morgan fingerprint density at radius 2 is 1.63 bits per heavy atom. The van der Waals surface area contributed by atoms with Crippen molar-refractivity contribution in [2.45, 2.75) is 18.7 Å². The van der Waals surface area contributed by atoms with E-state index in [0.29, 0.717) is 5.69 Å². The molecule has 0 bridgehead atoms. The summed E-state index contributed by atoms with van der Waals surface area (Å²) in [4.78, 5) is 24.3. The Kier molecular flexibility index (Phi) is 6.35. The quantitative estimate of drug-likeness (QED) is 0.789. The van der Waals surface area contributed by atoms with Gasteiger partial charge >= 0.3 is 0 Å². The number of carbonyl (C=O) groups is 2. The van der Waals surface area contributed by atoms with Gasteiger partial charge in [-0.25, -0.2) is 12.7 Å². The van der Waals surface area contributed by atoms with Crippen LogP contribution >= 0.6 is 0 Å². The summed E-state index contributed by atoms with van der Waals surface area (Å²) in [6, 6.07) is 11.3. The molecule has 0 radical (unpaired) electrons. The number of hydrogen-bond donors (Lipinski definition) is 2. The van der Waals surface area contributed by atoms with Gasteiger partial charge in [-0.05, 0) is 55.3 Å². The van der Waals surface area contributed by atoms with Gasteiger partial charge in [0, 0.05) is 25.3 Å². The Balaban J connectivity index is 1.97. The van der Waals surface area contributed by atoms with Crippen molar-refractivity contribution in [1.29, 1.82) is 0 Å². The number of sulfonamides is 1. The predicted molar refractivity (Wildman–Crippen MR) is 104 cm³/mol. The van der Waals surface area contributed by atoms with Crippen molar-refractivity contribution in [3.63, 3.8) is 0 Å². The molecule has 2 aromatic carbocycles. The van der Waals surface area contributed by atoms with E-state index < -0.39 is 15.9 Å². The van der Waals surface area contributed by atoms with Crippen LogP contribution in [-0.4, -0.2) is 45.2 Å². The van der Waals surface area contributed by atoms with Gasteiger partial charge in [-0.1, -0.05) is 12.1 Å². The molecule has 2 amide bonds. The van der Waals surface area contributed by atoms with Gasteiger partial charge in [-0.15, -0.1) is 0 Å². The lowest BCUT2D eigenvalue weighted by atomic mass is 10.1. The maximum Gasteiger partial charge on any atom is 0.251 e. The van der Waals surface area contributed by atoms with Gasteiger partial charge < -0.3 is 10.6 Å². The molecule has 144 valence electrons. The molecule has 0 aliphatic carbocycles. The third kappa shape index (κ3) is 5.15. The van der Waals surface area contributed by atoms with E-state index in [2.05, 4.69) is 10.6 Å². The first kappa shape index (κ1) is 20.6. The monoisotopic (exact) mass is 389 g/mol. The SMILES string of the molecule is Cc1ccc(C)c(NC(=O)CNC(=O)c2ccc(S(=O)(=O)N(C)C)cc2)c1. The Labute approximate surface area is 159 Å². The highest BCUT2D eigenvalue weighted by molar-refractivity contribution is 7.89. The van der Waals surface area contributed by atoms with Crippen LogP contribution in [0, 0.1) is 13.8 Å². The molecule has 0 aromatic heterocycles. The minimum absolute atomic E-state index is 0.0942. The number of anilines is 1. The topological polar surface area (TPSA) is 95.6 Å². The fourth-order valence-corrected chi connectivity index (χ4v) is 3.22. The van der Waals surface area contributed by atoms with Crippen molar-refractivity contribution < 1.29 is 18.0 Å². The molecule has 8 heteroatoms. The van der Waals surface area contributed by atoms with E-state index >= 15 is 0 Å². The normalized spacial score (nSPS) is 11.3. The second kappa shape index (κ2) is 8.32. The average molecular weight is 389 g/mol. The number of amides is 2. The van der Waals surface area contributed by atoms with Gasteiger partial charge in [-0.2, -0.15) is 0 Å². The van der Waals surface area contributed by atoms with Gasteiger partial charge in [0.15, 0.2) is 0 Å². The molecule has 0 aliphatic rings. The summed E-state index contributed by atoms with van der Waals surface area (Å²) in [5.41, 5.74) is 2.92. The number of hydrogen-bond acceptors (Lipinski definition) is 4. The Hall–Kier alpha value is -2.71. The zero-order valence-electron chi connectivity index (χ0n) is 15.7. The first-order valence-corrected chi connectivity index (χ1v) is 9.73. The summed E-state index contributed by atoms with van der Waals surface area (Å²) in [5, 5.41) is 5.28. The van der Waals surface area contributed by atoms with E-state index in [0.717, 1.165) is 15.4 Å². The average Bonchev–Trinajstić information content (AvgIpc) is 2.62. The Morgan fingerprint density at radius 3 is 2.22 bits per heavy atom. The number of nitrogens with zero attached hydrogens (tertiary/aromatic N) is 1. The molecule has 0 fully saturated rings. The number of benzene rings is 2. The first-order chi connectivity index (χ1) is 12.6. The van der Waals surface area contributed by atoms with Crippen molar-refractivity contribution in [3.8, 4) is 0 Å². The van der Waals surface area contributed by atoms with Crippen molar-refractivity contribution in [3.05, 3.63) is 59.2 Å². The summed E-state index contributed by atoms with van der Waals surface area (Å²) in [5.74, 6) is -0.802. The van der Waals surface area contributed by atoms with E-state index in [4.69, 9.17) is 0 Å². The van der Waals surface area contributed by atoms with Crippen molar-refractivity contribution in [2.24, 2.45) is 0 Å². The van der Waals surface area contributed by atoms with E-state index in [-0.39, 0.29) is 22.9 Å². The van der Waals surface area contributed by atoms with Crippen LogP contribution in [0.3, 0.4) is 0 Å². The van der Waals surface area contributed by atoms with E-state index in [1.165, 1.54) is 38.4 Å². The highest BCUT2D eigenvalue weighted by atomic mass is 32.2. The Bertz CT molecular complexity index is 951. The van der Waals surface area contributed by atoms with E-state index in [1.807, 2.05) is 32.0 Å². The third-order valence-electron chi connectivity index (χ3n) is 3.97. The molecular weight excluding hydrogens is 366 g/mol. The van der Waals surface area contributed by atoms with Crippen molar-refractivity contribution in [1.82, 2.24) is 9.62 Å². The minimum Gasteiger partial charge on any atom is -0.343 e. The molecule has 0 unspecified atom stereocenters. The van der Waals surface area contributed by atoms with Gasteiger partial charge in [0.05, 0.1) is 11.4 Å². The number of nitrogens with one attached hydrogen (secondary N) is 2. The summed E-state index contributed by atoms with van der Waals surface area (Å²) in [6.07, 6.45) is 0. The van der Waals surface area contributed by atoms with Crippen molar-refractivity contribution in [2.75, 3.05) is 26.0 Å². The molecule has 2 aromatic rings. The van der Waals surface area contributed by atoms with Gasteiger partial charge in [-0.3, -0.25) is 9.59 Å². The maximum absolute atomic E-state index is 12.2. The summed E-state index contributed by atoms with van der Waals surface area (Å²) < 4.78 is 25.1. The fraction of sp³-hybridized carbons (Fsp3) is 0.263. The molecule has 0 spiro atoms. The molecule has 0 atom stereocenters. The van der Waals surface area contributed by atoms with Crippen molar-refractivity contribution >= 4 is 27.5 Å². The lowest BCUT2D eigenvalue weighted by molar-refractivity contribution is -0.115. The highest BCUT2D eigenvalue weighted by Crippen LogP contribution is 2.16. The summed E-state index contributed by atoms with van der Waals surface area (Å²) in [6.45, 7) is 3.62. The third-order valence-corrected chi connectivity index (χ3v) is 5.80. The smallest absolute Gasteiger partial charge is 0.251 e. The van der Waals surface area contributed by atoms with Crippen LogP contribution in [0.15, 0.2) is 47.4 Å². The van der Waals surface area contributed by atoms with Crippen LogP contribution in [0.2, 0.25) is 0 Å². The summed E-state index contributed by atoms with van der Waals surface area (Å²) >= 11 is 0. The van der Waals surface area contributed by atoms with Crippen LogP contribution in [-0.2, 0) is 14.8 Å². The predicted octanol–water partition coefficient (Wildman–Crippen LogP) is 1.92.